The molecule has 3 nitrogen and oxygen atoms in total. The molecule has 102 valence electrons. The van der Waals surface area contributed by atoms with Crippen molar-refractivity contribution in [3.05, 3.63) is 29.3 Å². The highest BCUT2D eigenvalue weighted by atomic mass is 16.4. The van der Waals surface area contributed by atoms with Gasteiger partial charge in [-0.1, -0.05) is 12.5 Å². The summed E-state index contributed by atoms with van der Waals surface area (Å²) in [4.78, 5) is 13.6. The normalized spacial score (nSPS) is 21.2. The van der Waals surface area contributed by atoms with Crippen molar-refractivity contribution in [3.8, 4) is 0 Å². The lowest BCUT2D eigenvalue weighted by atomic mass is 9.63. The van der Waals surface area contributed by atoms with E-state index in [1.807, 2.05) is 19.1 Å². The molecule has 0 unspecified atom stereocenters. The molecule has 1 saturated heterocycles. The Morgan fingerprint density at radius 2 is 1.89 bits per heavy atom. The predicted molar refractivity (Wildman–Crippen MR) is 75.9 cm³/mol. The van der Waals surface area contributed by atoms with Gasteiger partial charge in [0, 0.05) is 13.1 Å². The molecule has 1 aliphatic carbocycles. The first-order chi connectivity index (χ1) is 9.10. The van der Waals surface area contributed by atoms with Crippen molar-refractivity contribution in [2.45, 2.75) is 39.0 Å². The molecule has 1 aromatic rings. The Morgan fingerprint density at radius 1 is 1.21 bits per heavy atom. The summed E-state index contributed by atoms with van der Waals surface area (Å²) in [5, 5.41) is 9.32. The highest BCUT2D eigenvalue weighted by Gasteiger charge is 2.39. The molecule has 3 rings (SSSR count). The number of carboxylic acid groups (broad SMARTS) is 1. The summed E-state index contributed by atoms with van der Waals surface area (Å²) >= 11 is 0. The SMILES string of the molecule is Cc1ccc(C(=O)O)c(N2CCC3(CCC3)CC2)c1. The lowest BCUT2D eigenvalue weighted by molar-refractivity contribution is 0.0696. The maximum Gasteiger partial charge on any atom is 0.337 e. The third-order valence-electron chi connectivity index (χ3n) is 4.96. The van der Waals surface area contributed by atoms with Crippen molar-refractivity contribution >= 4 is 11.7 Å². The minimum absolute atomic E-state index is 0.440. The van der Waals surface area contributed by atoms with Crippen LogP contribution in [0.2, 0.25) is 0 Å². The molecule has 1 N–H and O–H groups in total. The fraction of sp³-hybridized carbons (Fsp3) is 0.562. The third-order valence-corrected chi connectivity index (χ3v) is 4.96. The number of aromatic carboxylic acids is 1. The van der Waals surface area contributed by atoms with Crippen LogP contribution in [0.4, 0.5) is 5.69 Å². The molecule has 0 bridgehead atoms. The van der Waals surface area contributed by atoms with Crippen LogP contribution in [0.1, 0.15) is 48.0 Å². The maximum absolute atomic E-state index is 11.3. The van der Waals surface area contributed by atoms with E-state index >= 15 is 0 Å². The van der Waals surface area contributed by atoms with Crippen molar-refractivity contribution in [2.75, 3.05) is 18.0 Å². The first kappa shape index (κ1) is 12.5. The number of carbonyl (C=O) groups is 1. The second-order valence-electron chi connectivity index (χ2n) is 6.17. The van der Waals surface area contributed by atoms with Crippen molar-refractivity contribution in [1.82, 2.24) is 0 Å². The van der Waals surface area contributed by atoms with E-state index in [1.165, 1.54) is 32.1 Å². The van der Waals surface area contributed by atoms with Crippen LogP contribution in [0.5, 0.6) is 0 Å². The van der Waals surface area contributed by atoms with Crippen molar-refractivity contribution < 1.29 is 9.90 Å². The Morgan fingerprint density at radius 3 is 2.42 bits per heavy atom. The summed E-state index contributed by atoms with van der Waals surface area (Å²) in [5.41, 5.74) is 3.07. The Hall–Kier alpha value is -1.51. The molecule has 0 amide bonds. The number of aryl methyl sites for hydroxylation is 1. The molecule has 2 aliphatic rings. The van der Waals surface area contributed by atoms with Crippen LogP contribution in [0.3, 0.4) is 0 Å². The number of hydrogen-bond acceptors (Lipinski definition) is 2. The van der Waals surface area contributed by atoms with Gasteiger partial charge in [0.2, 0.25) is 0 Å². The van der Waals surface area contributed by atoms with Gasteiger partial charge in [0.25, 0.3) is 0 Å². The lowest BCUT2D eigenvalue weighted by Crippen LogP contribution is -2.44. The molecule has 1 heterocycles. The van der Waals surface area contributed by atoms with Gasteiger partial charge in [-0.3, -0.25) is 0 Å². The molecule has 19 heavy (non-hydrogen) atoms. The first-order valence-electron chi connectivity index (χ1n) is 7.19. The summed E-state index contributed by atoms with van der Waals surface area (Å²) in [6, 6.07) is 5.63. The summed E-state index contributed by atoms with van der Waals surface area (Å²) in [6.07, 6.45) is 6.58. The number of carboxylic acids is 1. The molecule has 0 atom stereocenters. The fourth-order valence-corrected chi connectivity index (χ4v) is 3.48. The van der Waals surface area contributed by atoms with Gasteiger partial charge in [-0.05, 0) is 55.7 Å². The van der Waals surface area contributed by atoms with Gasteiger partial charge in [-0.25, -0.2) is 4.79 Å². The smallest absolute Gasteiger partial charge is 0.337 e. The Balaban J connectivity index is 1.82. The van der Waals surface area contributed by atoms with Crippen LogP contribution in [-0.4, -0.2) is 24.2 Å². The van der Waals surface area contributed by atoms with Crippen molar-refractivity contribution in [3.63, 3.8) is 0 Å². The number of anilines is 1. The largest absolute Gasteiger partial charge is 0.478 e. The van der Waals surface area contributed by atoms with Gasteiger partial charge in [0.15, 0.2) is 0 Å². The third kappa shape index (κ3) is 2.22. The van der Waals surface area contributed by atoms with Gasteiger partial charge in [0.1, 0.15) is 0 Å². The summed E-state index contributed by atoms with van der Waals surface area (Å²) in [5.74, 6) is -0.820. The monoisotopic (exact) mass is 259 g/mol. The maximum atomic E-state index is 11.3. The number of piperidine rings is 1. The molecule has 1 aromatic carbocycles. The zero-order chi connectivity index (χ0) is 13.5. The molecular weight excluding hydrogens is 238 g/mol. The number of benzene rings is 1. The van der Waals surface area contributed by atoms with Crippen molar-refractivity contribution in [1.29, 1.82) is 0 Å². The topological polar surface area (TPSA) is 40.5 Å². The fourth-order valence-electron chi connectivity index (χ4n) is 3.48. The van der Waals surface area contributed by atoms with E-state index in [4.69, 9.17) is 0 Å². The number of hydrogen-bond donors (Lipinski definition) is 1. The lowest BCUT2D eigenvalue weighted by Gasteiger charge is -2.48. The molecular formula is C16H21NO2. The second-order valence-corrected chi connectivity index (χ2v) is 6.17. The molecule has 1 saturated carbocycles. The van der Waals surface area contributed by atoms with Crippen LogP contribution in [-0.2, 0) is 0 Å². The van der Waals surface area contributed by atoms with Crippen LogP contribution >= 0.6 is 0 Å². The molecule has 0 aromatic heterocycles. The van der Waals surface area contributed by atoms with Gasteiger partial charge in [-0.2, -0.15) is 0 Å². The van der Waals surface area contributed by atoms with Gasteiger partial charge in [0.05, 0.1) is 11.3 Å². The van der Waals surface area contributed by atoms with E-state index in [0.29, 0.717) is 11.0 Å². The Labute approximate surface area is 114 Å². The van der Waals surface area contributed by atoms with Crippen molar-refractivity contribution in [2.24, 2.45) is 5.41 Å². The van der Waals surface area contributed by atoms with E-state index in [9.17, 15) is 9.90 Å². The van der Waals surface area contributed by atoms with E-state index in [1.54, 1.807) is 6.07 Å². The Bertz CT molecular complexity index is 495. The number of nitrogens with zero attached hydrogens (tertiary/aromatic N) is 1. The molecule has 1 aliphatic heterocycles. The van der Waals surface area contributed by atoms with E-state index in [2.05, 4.69) is 4.90 Å². The van der Waals surface area contributed by atoms with E-state index < -0.39 is 5.97 Å². The highest BCUT2D eigenvalue weighted by Crippen LogP contribution is 2.49. The standard InChI is InChI=1S/C16H21NO2/c1-12-3-4-13(15(18)19)14(11-12)17-9-7-16(8-10-17)5-2-6-16/h3-4,11H,2,5-10H2,1H3,(H,18,19). The first-order valence-corrected chi connectivity index (χ1v) is 7.19. The Kier molecular flexibility index (Phi) is 3.00. The highest BCUT2D eigenvalue weighted by molar-refractivity contribution is 5.94. The van der Waals surface area contributed by atoms with Crippen LogP contribution in [0.25, 0.3) is 0 Å². The molecule has 3 heteroatoms. The zero-order valence-electron chi connectivity index (χ0n) is 11.5. The zero-order valence-corrected chi connectivity index (χ0v) is 11.5. The van der Waals surface area contributed by atoms with Gasteiger partial charge < -0.3 is 10.0 Å². The second kappa shape index (κ2) is 4.55. The summed E-state index contributed by atoms with van der Waals surface area (Å²) < 4.78 is 0. The van der Waals surface area contributed by atoms with Crippen LogP contribution in [0.15, 0.2) is 18.2 Å². The quantitative estimate of drug-likeness (QED) is 0.884. The van der Waals surface area contributed by atoms with Gasteiger partial charge in [-0.15, -0.1) is 0 Å². The summed E-state index contributed by atoms with van der Waals surface area (Å²) in [7, 11) is 0. The molecule has 2 fully saturated rings. The molecule has 0 radical (unpaired) electrons. The van der Waals surface area contributed by atoms with E-state index in [0.717, 1.165) is 24.3 Å². The summed E-state index contributed by atoms with van der Waals surface area (Å²) in [6.45, 7) is 4.03. The van der Waals surface area contributed by atoms with Crippen LogP contribution < -0.4 is 4.90 Å². The minimum atomic E-state index is -0.820. The van der Waals surface area contributed by atoms with E-state index in [-0.39, 0.29) is 0 Å². The minimum Gasteiger partial charge on any atom is -0.478 e. The average Bonchev–Trinajstić information content (AvgIpc) is 2.36. The average molecular weight is 259 g/mol. The number of rotatable bonds is 2. The molecule has 1 spiro atoms. The van der Waals surface area contributed by atoms with Gasteiger partial charge >= 0.3 is 5.97 Å². The van der Waals surface area contributed by atoms with Crippen LogP contribution in [0, 0.1) is 12.3 Å². The predicted octanol–water partition coefficient (Wildman–Crippen LogP) is 3.46.